The number of likely N-dealkylation sites (N-methyl/N-ethyl adjacent to an activating group) is 1. The summed E-state index contributed by atoms with van der Waals surface area (Å²) >= 11 is 0. The molecule has 4 N–H and O–H groups in total. The molecule has 1 unspecified atom stereocenters. The highest BCUT2D eigenvalue weighted by atomic mass is 32.2. The van der Waals surface area contributed by atoms with Crippen molar-refractivity contribution in [1.29, 1.82) is 0 Å². The molecule has 6 amide bonds. The number of ether oxygens (including phenoxy) is 1. The number of piperidine rings is 1. The van der Waals surface area contributed by atoms with Crippen LogP contribution in [0.4, 0.5) is 9.59 Å². The van der Waals surface area contributed by atoms with Gasteiger partial charge in [-0.2, -0.15) is 17.0 Å². The van der Waals surface area contributed by atoms with Crippen molar-refractivity contribution in [3.63, 3.8) is 0 Å². The molecule has 1 aromatic rings. The monoisotopic (exact) mass is 855 g/mol. The van der Waals surface area contributed by atoms with Gasteiger partial charge >= 0.3 is 22.3 Å². The van der Waals surface area contributed by atoms with Gasteiger partial charge in [-0.1, -0.05) is 103 Å². The highest BCUT2D eigenvalue weighted by molar-refractivity contribution is 7.87. The van der Waals surface area contributed by atoms with Crippen molar-refractivity contribution in [3.8, 4) is 0 Å². The van der Waals surface area contributed by atoms with Crippen LogP contribution in [0, 0.1) is 34.5 Å². The Hall–Kier alpha value is -4.51. The lowest BCUT2D eigenvalue weighted by Gasteiger charge is -2.38. The van der Waals surface area contributed by atoms with E-state index in [9.17, 15) is 37.2 Å². The van der Waals surface area contributed by atoms with E-state index in [0.29, 0.717) is 35.7 Å². The molecular formula is C43H65N7O9S. The Bertz CT molecular complexity index is 1880. The van der Waals surface area contributed by atoms with Gasteiger partial charge in [0.15, 0.2) is 0 Å². The zero-order valence-electron chi connectivity index (χ0n) is 36.2. The molecule has 4 aliphatic rings. The number of likely N-dealkylation sites (tertiary alicyclic amines) is 1. The minimum Gasteiger partial charge on any atom is -0.444 e. The summed E-state index contributed by atoms with van der Waals surface area (Å²) < 4.78 is 33.8. The molecule has 1 aliphatic heterocycles. The number of rotatable bonds is 18. The summed E-state index contributed by atoms with van der Waals surface area (Å²) in [6.45, 7) is 13.3. The molecular weight excluding hydrogens is 791 g/mol. The van der Waals surface area contributed by atoms with Crippen LogP contribution in [-0.2, 0) is 40.7 Å². The van der Waals surface area contributed by atoms with Gasteiger partial charge in [0.05, 0.1) is 6.04 Å². The Balaban J connectivity index is 1.30. The normalized spacial score (nSPS) is 22.7. The number of Topliss-reactive ketones (excluding diaryl/α,β-unsaturated/α-hetero) is 1. The van der Waals surface area contributed by atoms with Gasteiger partial charge < -0.3 is 30.9 Å². The van der Waals surface area contributed by atoms with Gasteiger partial charge in [0.25, 0.3) is 5.91 Å². The average Bonchev–Trinajstić information content (AvgIpc) is 4.07. The molecule has 60 heavy (non-hydrogen) atoms. The Morgan fingerprint density at radius 1 is 0.967 bits per heavy atom. The lowest BCUT2D eigenvalue weighted by atomic mass is 9.83. The third-order valence-corrected chi connectivity index (χ3v) is 14.7. The Morgan fingerprint density at radius 3 is 2.22 bits per heavy atom. The van der Waals surface area contributed by atoms with Crippen molar-refractivity contribution in [3.05, 3.63) is 48.6 Å². The van der Waals surface area contributed by atoms with Gasteiger partial charge in [-0.3, -0.25) is 19.2 Å². The molecule has 3 aliphatic carbocycles. The average molecular weight is 856 g/mol. The molecule has 332 valence electrons. The first-order valence-electron chi connectivity index (χ1n) is 21.2. The number of benzene rings is 1. The van der Waals surface area contributed by atoms with Crippen LogP contribution < -0.4 is 21.3 Å². The van der Waals surface area contributed by atoms with Gasteiger partial charge in [-0.25, -0.2) is 9.59 Å². The molecule has 17 heteroatoms. The Morgan fingerprint density at radius 2 is 1.62 bits per heavy atom. The van der Waals surface area contributed by atoms with Crippen LogP contribution in [-0.4, -0.2) is 115 Å². The van der Waals surface area contributed by atoms with Crippen molar-refractivity contribution in [2.24, 2.45) is 34.5 Å². The van der Waals surface area contributed by atoms with Crippen LogP contribution in [0.1, 0.15) is 91.5 Å². The zero-order valence-corrected chi connectivity index (χ0v) is 37.0. The van der Waals surface area contributed by atoms with Crippen molar-refractivity contribution in [1.82, 2.24) is 34.8 Å². The fraction of sp³-hybridized carbons (Fsp3) is 0.674. The third-order valence-electron chi connectivity index (χ3n) is 13.0. The molecule has 1 aromatic carbocycles. The van der Waals surface area contributed by atoms with E-state index in [1.165, 1.54) is 13.1 Å². The van der Waals surface area contributed by atoms with Crippen LogP contribution in [0.3, 0.4) is 0 Å². The van der Waals surface area contributed by atoms with E-state index in [1.807, 2.05) is 26.8 Å². The molecule has 3 saturated carbocycles. The standard InChI is InChI=1S/C43H65N7O9S/c1-9-22-44-38(53)36(51)31(23-27-20-21-27)45-37(52)35-33-30(43(33,5)6)24-50(35)39(54)34(29-18-14-11-15-19-29)47-40(55)46-32(42(2,3)4)25-48(7)60(57,58)49(8)41(56)59-26-28-16-12-10-13-17-28/h9-10,12-13,16-17,27,29-35H,1,11,14-15,18-26H2,2-8H3,(H,44,53)(H,45,52)(H2,46,47,55)/t30-,31?,32+,33-,34-,35-/m0/s1. The number of hydrogen-bond donors (Lipinski definition) is 4. The van der Waals surface area contributed by atoms with Gasteiger partial charge in [-0.15, -0.1) is 6.58 Å². The van der Waals surface area contributed by atoms with Gasteiger partial charge in [0, 0.05) is 39.8 Å². The fourth-order valence-electron chi connectivity index (χ4n) is 8.77. The van der Waals surface area contributed by atoms with E-state index < -0.39 is 75.4 Å². The summed E-state index contributed by atoms with van der Waals surface area (Å²) in [4.78, 5) is 83.5. The summed E-state index contributed by atoms with van der Waals surface area (Å²) in [5.41, 5.74) is -0.225. The number of urea groups is 1. The quantitative estimate of drug-likeness (QED) is 0.125. The molecule has 4 fully saturated rings. The van der Waals surface area contributed by atoms with Crippen LogP contribution in [0.2, 0.25) is 0 Å². The van der Waals surface area contributed by atoms with Crippen molar-refractivity contribution in [2.75, 3.05) is 33.7 Å². The van der Waals surface area contributed by atoms with Crippen LogP contribution in [0.15, 0.2) is 43.0 Å². The van der Waals surface area contributed by atoms with Crippen LogP contribution >= 0.6 is 0 Å². The molecule has 0 aromatic heterocycles. The predicted molar refractivity (Wildman–Crippen MR) is 225 cm³/mol. The number of nitrogens with zero attached hydrogens (tertiary/aromatic N) is 3. The fourth-order valence-corrected chi connectivity index (χ4v) is 9.76. The number of amides is 6. The Kier molecular flexibility index (Phi) is 14.8. The SMILES string of the molecule is C=CCNC(=O)C(=O)C(CC1CC1)NC(=O)[C@@H]1[C@@H]2[C@H](CN1C(=O)[C@@H](NC(=O)N[C@H](CN(C)S(=O)(=O)N(C)C(=O)OCc1ccccc1)C(C)(C)C)C1CCCCC1)C2(C)C. The first-order chi connectivity index (χ1) is 28.2. The van der Waals surface area contributed by atoms with Crippen LogP contribution in [0.25, 0.3) is 0 Å². The molecule has 6 atom stereocenters. The number of carbonyl (C=O) groups excluding carboxylic acids is 6. The number of fused-ring (bicyclic) bond motifs is 1. The maximum absolute atomic E-state index is 14.8. The summed E-state index contributed by atoms with van der Waals surface area (Å²) in [5, 5.41) is 11.3. The summed E-state index contributed by atoms with van der Waals surface area (Å²) in [6, 6.07) is 4.48. The minimum atomic E-state index is -4.38. The number of hydrogen-bond acceptors (Lipinski definition) is 9. The molecule has 0 spiro atoms. The second kappa shape index (κ2) is 19.0. The summed E-state index contributed by atoms with van der Waals surface area (Å²) in [7, 11) is -1.96. The first kappa shape index (κ1) is 46.6. The zero-order chi connectivity index (χ0) is 44.2. The van der Waals surface area contributed by atoms with Crippen LogP contribution in [0.5, 0.6) is 0 Å². The molecule has 0 bridgehead atoms. The number of nitrogens with one attached hydrogen (secondary N) is 4. The second-order valence-corrected chi connectivity index (χ2v) is 20.8. The number of carbonyl (C=O) groups is 6. The summed E-state index contributed by atoms with van der Waals surface area (Å²) in [6.07, 6.45) is 6.65. The van der Waals surface area contributed by atoms with Gasteiger partial charge in [0.2, 0.25) is 17.6 Å². The van der Waals surface area contributed by atoms with Gasteiger partial charge in [0.1, 0.15) is 18.7 Å². The molecule has 0 radical (unpaired) electrons. The molecule has 16 nitrogen and oxygen atoms in total. The van der Waals surface area contributed by atoms with Crippen molar-refractivity contribution >= 4 is 45.8 Å². The van der Waals surface area contributed by atoms with E-state index in [-0.39, 0.29) is 48.8 Å². The molecule has 1 saturated heterocycles. The predicted octanol–water partition coefficient (Wildman–Crippen LogP) is 3.73. The van der Waals surface area contributed by atoms with Crippen molar-refractivity contribution < 1.29 is 41.9 Å². The Labute approximate surface area is 355 Å². The first-order valence-corrected chi connectivity index (χ1v) is 22.6. The highest BCUT2D eigenvalue weighted by Crippen LogP contribution is 2.65. The highest BCUT2D eigenvalue weighted by Gasteiger charge is 2.70. The second-order valence-electron chi connectivity index (χ2n) is 18.7. The maximum Gasteiger partial charge on any atom is 0.424 e. The van der Waals surface area contributed by atoms with E-state index in [4.69, 9.17) is 4.74 Å². The minimum absolute atomic E-state index is 0.0306. The molecule has 5 rings (SSSR count). The van der Waals surface area contributed by atoms with Gasteiger partial charge in [-0.05, 0) is 59.3 Å². The molecule has 1 heterocycles. The lowest BCUT2D eigenvalue weighted by Crippen LogP contribution is -2.62. The largest absolute Gasteiger partial charge is 0.444 e. The van der Waals surface area contributed by atoms with E-state index >= 15 is 0 Å². The third kappa shape index (κ3) is 11.0. The smallest absolute Gasteiger partial charge is 0.424 e. The lowest BCUT2D eigenvalue weighted by molar-refractivity contribution is -0.144. The number of ketones is 1. The topological polar surface area (TPSA) is 204 Å². The van der Waals surface area contributed by atoms with E-state index in [0.717, 1.165) is 43.5 Å². The maximum atomic E-state index is 14.8. The summed E-state index contributed by atoms with van der Waals surface area (Å²) in [5.74, 6) is -2.56. The van der Waals surface area contributed by atoms with E-state index in [2.05, 4.69) is 41.7 Å². The van der Waals surface area contributed by atoms with E-state index in [1.54, 1.807) is 29.2 Å². The van der Waals surface area contributed by atoms with Crippen molar-refractivity contribution in [2.45, 2.75) is 117 Å².